The van der Waals surface area contributed by atoms with Crippen molar-refractivity contribution in [3.05, 3.63) is 39.9 Å². The van der Waals surface area contributed by atoms with Crippen LogP contribution >= 0.6 is 15.9 Å². The fraction of sp³-hybridized carbons (Fsp3) is 0.467. The Bertz CT molecular complexity index is 478. The molecule has 2 heterocycles. The first-order chi connectivity index (χ1) is 8.15. The van der Waals surface area contributed by atoms with Crippen LogP contribution in [0.4, 0.5) is 0 Å². The van der Waals surface area contributed by atoms with Crippen molar-refractivity contribution in [1.29, 1.82) is 0 Å². The van der Waals surface area contributed by atoms with Crippen molar-refractivity contribution < 1.29 is 0 Å². The molecule has 2 bridgehead atoms. The number of hydrogen-bond acceptors (Lipinski definition) is 1. The summed E-state index contributed by atoms with van der Waals surface area (Å²) in [6.45, 7) is 2.16. The first-order valence-electron chi connectivity index (χ1n) is 6.34. The van der Waals surface area contributed by atoms with Gasteiger partial charge in [0.25, 0.3) is 0 Å². The van der Waals surface area contributed by atoms with E-state index in [0.717, 1.165) is 6.04 Å². The highest BCUT2D eigenvalue weighted by Crippen LogP contribution is 2.37. The van der Waals surface area contributed by atoms with Gasteiger partial charge in [-0.3, -0.25) is 4.90 Å². The number of halogens is 1. The lowest BCUT2D eigenvalue weighted by Gasteiger charge is -2.30. The van der Waals surface area contributed by atoms with Crippen molar-refractivity contribution in [3.63, 3.8) is 0 Å². The van der Waals surface area contributed by atoms with Gasteiger partial charge < -0.3 is 0 Å². The van der Waals surface area contributed by atoms with Crippen LogP contribution in [0.3, 0.4) is 0 Å². The van der Waals surface area contributed by atoms with Crippen molar-refractivity contribution >= 4 is 21.5 Å². The van der Waals surface area contributed by atoms with Crippen molar-refractivity contribution in [1.82, 2.24) is 4.90 Å². The van der Waals surface area contributed by atoms with Gasteiger partial charge >= 0.3 is 0 Å². The van der Waals surface area contributed by atoms with Crippen LogP contribution in [-0.2, 0) is 0 Å². The summed E-state index contributed by atoms with van der Waals surface area (Å²) in [5, 5.41) is 0. The summed E-state index contributed by atoms with van der Waals surface area (Å²) in [4.78, 5) is 2.54. The van der Waals surface area contributed by atoms with Crippen LogP contribution in [-0.4, -0.2) is 24.0 Å². The first-order valence-corrected chi connectivity index (χ1v) is 7.13. The third-order valence-corrected chi connectivity index (χ3v) is 5.16. The highest BCUT2D eigenvalue weighted by molar-refractivity contribution is 9.10. The maximum atomic E-state index is 3.57. The molecule has 90 valence electrons. The van der Waals surface area contributed by atoms with E-state index in [1.807, 2.05) is 0 Å². The van der Waals surface area contributed by atoms with E-state index in [9.17, 15) is 0 Å². The molecule has 1 fully saturated rings. The summed E-state index contributed by atoms with van der Waals surface area (Å²) in [7, 11) is 2.27. The fourth-order valence-electron chi connectivity index (χ4n) is 3.10. The van der Waals surface area contributed by atoms with E-state index in [0.29, 0.717) is 6.04 Å². The number of aryl methyl sites for hydroxylation is 1. The molecule has 2 unspecified atom stereocenters. The van der Waals surface area contributed by atoms with Crippen molar-refractivity contribution in [2.75, 3.05) is 7.05 Å². The highest BCUT2D eigenvalue weighted by atomic mass is 79.9. The van der Waals surface area contributed by atoms with Crippen LogP contribution in [0.2, 0.25) is 0 Å². The largest absolute Gasteiger partial charge is 0.297 e. The lowest BCUT2D eigenvalue weighted by Crippen LogP contribution is -2.34. The molecule has 3 rings (SSSR count). The second-order valence-corrected chi connectivity index (χ2v) is 6.18. The second-order valence-electron chi connectivity index (χ2n) is 5.32. The number of nitrogens with zero attached hydrogens (tertiary/aromatic N) is 1. The van der Waals surface area contributed by atoms with Crippen LogP contribution in [0.1, 0.15) is 30.4 Å². The van der Waals surface area contributed by atoms with Crippen LogP contribution in [0, 0.1) is 6.92 Å². The van der Waals surface area contributed by atoms with Crippen LogP contribution < -0.4 is 0 Å². The third kappa shape index (κ3) is 1.98. The summed E-state index contributed by atoms with van der Waals surface area (Å²) >= 11 is 3.57. The highest BCUT2D eigenvalue weighted by Gasteiger charge is 2.33. The molecule has 0 saturated carbocycles. The van der Waals surface area contributed by atoms with Gasteiger partial charge in [-0.2, -0.15) is 0 Å². The summed E-state index contributed by atoms with van der Waals surface area (Å²) in [6, 6.07) is 8.16. The normalized spacial score (nSPS) is 28.3. The van der Waals surface area contributed by atoms with Crippen molar-refractivity contribution in [2.24, 2.45) is 0 Å². The quantitative estimate of drug-likeness (QED) is 0.756. The number of benzene rings is 1. The van der Waals surface area contributed by atoms with Crippen molar-refractivity contribution in [2.45, 2.75) is 38.3 Å². The molecular formula is C15H18BrN. The minimum absolute atomic E-state index is 0.674. The van der Waals surface area contributed by atoms with Crippen LogP contribution in [0.25, 0.3) is 5.57 Å². The Morgan fingerprint density at radius 1 is 1.29 bits per heavy atom. The van der Waals surface area contributed by atoms with E-state index in [1.54, 1.807) is 5.57 Å². The number of likely N-dealkylation sites (N-methyl/N-ethyl adjacent to an activating group) is 1. The Morgan fingerprint density at radius 2 is 2.12 bits per heavy atom. The molecule has 1 aromatic carbocycles. The molecular weight excluding hydrogens is 274 g/mol. The van der Waals surface area contributed by atoms with E-state index in [2.05, 4.69) is 59.1 Å². The van der Waals surface area contributed by atoms with Crippen molar-refractivity contribution in [3.8, 4) is 0 Å². The molecule has 0 aromatic heterocycles. The minimum atomic E-state index is 0.674. The van der Waals surface area contributed by atoms with E-state index in [4.69, 9.17) is 0 Å². The van der Waals surface area contributed by atoms with E-state index < -0.39 is 0 Å². The molecule has 2 aliphatic rings. The van der Waals surface area contributed by atoms with E-state index >= 15 is 0 Å². The summed E-state index contributed by atoms with van der Waals surface area (Å²) in [5.41, 5.74) is 4.29. The maximum absolute atomic E-state index is 3.57. The molecule has 0 N–H and O–H groups in total. The Kier molecular flexibility index (Phi) is 2.87. The van der Waals surface area contributed by atoms with E-state index in [-0.39, 0.29) is 0 Å². The summed E-state index contributed by atoms with van der Waals surface area (Å²) in [5.74, 6) is 0. The molecule has 2 atom stereocenters. The van der Waals surface area contributed by atoms with Gasteiger partial charge in [-0.25, -0.2) is 0 Å². The predicted molar refractivity (Wildman–Crippen MR) is 76.0 cm³/mol. The topological polar surface area (TPSA) is 3.24 Å². The molecule has 0 amide bonds. The minimum Gasteiger partial charge on any atom is -0.297 e. The average Bonchev–Trinajstić information content (AvgIpc) is 2.55. The molecule has 1 nitrogen and oxygen atoms in total. The zero-order valence-electron chi connectivity index (χ0n) is 10.4. The Balaban J connectivity index is 1.95. The Labute approximate surface area is 112 Å². The molecule has 1 saturated heterocycles. The lowest BCUT2D eigenvalue weighted by atomic mass is 9.94. The number of hydrogen-bond donors (Lipinski definition) is 0. The standard InChI is InChI=1S/C15H18BrN/c1-10-7-11(3-6-15(10)16)12-8-13-4-5-14(9-12)17(13)2/h3,6-8,13-14H,4-5,9H2,1-2H3. The van der Waals surface area contributed by atoms with Crippen LogP contribution in [0.5, 0.6) is 0 Å². The molecule has 17 heavy (non-hydrogen) atoms. The molecule has 2 heteroatoms. The van der Waals surface area contributed by atoms with Gasteiger partial charge in [-0.05, 0) is 56.0 Å². The second kappa shape index (κ2) is 4.25. The SMILES string of the molecule is Cc1cc(C2=CC3CCC(C2)N3C)ccc1Br. The number of rotatable bonds is 1. The fourth-order valence-corrected chi connectivity index (χ4v) is 3.35. The van der Waals surface area contributed by atoms with Gasteiger partial charge in [0.1, 0.15) is 0 Å². The zero-order valence-corrected chi connectivity index (χ0v) is 12.0. The number of fused-ring (bicyclic) bond motifs is 2. The molecule has 2 aliphatic heterocycles. The summed E-state index contributed by atoms with van der Waals surface area (Å²) in [6.07, 6.45) is 6.39. The van der Waals surface area contributed by atoms with Gasteiger partial charge in [-0.1, -0.05) is 34.1 Å². The maximum Gasteiger partial charge on any atom is 0.0284 e. The monoisotopic (exact) mass is 291 g/mol. The third-order valence-electron chi connectivity index (χ3n) is 4.27. The molecule has 0 aliphatic carbocycles. The van der Waals surface area contributed by atoms with Gasteiger partial charge in [0.05, 0.1) is 0 Å². The molecule has 0 radical (unpaired) electrons. The van der Waals surface area contributed by atoms with Crippen LogP contribution in [0.15, 0.2) is 28.7 Å². The summed E-state index contributed by atoms with van der Waals surface area (Å²) < 4.78 is 1.21. The first kappa shape index (κ1) is 11.5. The van der Waals surface area contributed by atoms with Gasteiger partial charge in [0, 0.05) is 16.6 Å². The molecule has 0 spiro atoms. The smallest absolute Gasteiger partial charge is 0.0284 e. The van der Waals surface area contributed by atoms with Gasteiger partial charge in [0.15, 0.2) is 0 Å². The Hall–Kier alpha value is -0.600. The van der Waals surface area contributed by atoms with E-state index in [1.165, 1.54) is 34.9 Å². The average molecular weight is 292 g/mol. The van der Waals surface area contributed by atoms with Gasteiger partial charge in [-0.15, -0.1) is 0 Å². The molecule has 1 aromatic rings. The zero-order chi connectivity index (χ0) is 12.0. The Morgan fingerprint density at radius 3 is 2.82 bits per heavy atom. The predicted octanol–water partition coefficient (Wildman–Crippen LogP) is 4.01. The lowest BCUT2D eigenvalue weighted by molar-refractivity contribution is 0.264. The van der Waals surface area contributed by atoms with Gasteiger partial charge in [0.2, 0.25) is 0 Å².